The van der Waals surface area contributed by atoms with Gasteiger partial charge in [0.15, 0.2) is 0 Å². The maximum atomic E-state index is 13.9. The highest BCUT2D eigenvalue weighted by Gasteiger charge is 2.30. The number of ether oxygens (including phenoxy) is 1. The first-order chi connectivity index (χ1) is 17.0. The molecule has 2 heterocycles. The Morgan fingerprint density at radius 2 is 1.81 bits per heavy atom. The Balaban J connectivity index is 1.72. The minimum Gasteiger partial charge on any atom is -0.378 e. The molecule has 0 amide bonds. The number of aryl methyl sites for hydroxylation is 1. The number of nitrogens with one attached hydrogen (secondary N) is 2. The zero-order valence-corrected chi connectivity index (χ0v) is 19.2. The van der Waals surface area contributed by atoms with Crippen molar-refractivity contribution in [1.82, 2.24) is 4.57 Å². The van der Waals surface area contributed by atoms with Gasteiger partial charge in [0.1, 0.15) is 11.5 Å². The van der Waals surface area contributed by atoms with Gasteiger partial charge in [-0.05, 0) is 35.9 Å². The quantitative estimate of drug-likeness (QED) is 0.281. The van der Waals surface area contributed by atoms with Gasteiger partial charge in [0.2, 0.25) is 0 Å². The van der Waals surface area contributed by atoms with Crippen molar-refractivity contribution in [3.05, 3.63) is 81.8 Å². The molecule has 2 aromatic carbocycles. The van der Waals surface area contributed by atoms with Gasteiger partial charge in [-0.25, -0.2) is 8.78 Å². The second kappa shape index (κ2) is 10.1. The third-order valence-electron chi connectivity index (χ3n) is 5.86. The van der Waals surface area contributed by atoms with Crippen molar-refractivity contribution in [3.63, 3.8) is 0 Å². The summed E-state index contributed by atoms with van der Waals surface area (Å²) in [4.78, 5) is 14.6. The summed E-state index contributed by atoms with van der Waals surface area (Å²) in [5, 5.41) is 11.0. The van der Waals surface area contributed by atoms with Crippen LogP contribution in [-0.2, 0) is 18.0 Å². The van der Waals surface area contributed by atoms with E-state index in [1.165, 1.54) is 48.1 Å². The largest absolute Gasteiger partial charge is 0.416 e. The van der Waals surface area contributed by atoms with E-state index in [0.29, 0.717) is 37.6 Å². The van der Waals surface area contributed by atoms with Crippen molar-refractivity contribution in [2.75, 3.05) is 36.5 Å². The van der Waals surface area contributed by atoms with Crippen LogP contribution in [0.1, 0.15) is 23.1 Å². The number of anilines is 2. The zero-order chi connectivity index (χ0) is 26.0. The van der Waals surface area contributed by atoms with Crippen LogP contribution in [0.5, 0.6) is 0 Å². The fraction of sp³-hybridized carbons (Fsp3) is 0.280. The molecule has 0 spiro atoms. The molecule has 0 saturated carbocycles. The van der Waals surface area contributed by atoms with Gasteiger partial charge in [0.05, 0.1) is 18.8 Å². The van der Waals surface area contributed by atoms with Gasteiger partial charge < -0.3 is 19.5 Å². The lowest BCUT2D eigenvalue weighted by atomic mass is 9.97. The molecule has 4 rings (SSSR count). The van der Waals surface area contributed by atoms with Crippen LogP contribution in [0.2, 0.25) is 0 Å². The van der Waals surface area contributed by atoms with Crippen LogP contribution in [0.4, 0.5) is 33.3 Å². The number of pyridine rings is 1. The Labute approximate surface area is 203 Å². The van der Waals surface area contributed by atoms with Crippen molar-refractivity contribution >= 4 is 17.2 Å². The molecule has 0 aliphatic carbocycles. The lowest BCUT2D eigenvalue weighted by molar-refractivity contribution is -0.137. The Hall–Kier alpha value is -3.73. The number of nitrogens with zero attached hydrogens (tertiary/aromatic N) is 2. The highest BCUT2D eigenvalue weighted by atomic mass is 19.4. The van der Waals surface area contributed by atoms with Gasteiger partial charge >= 0.3 is 6.18 Å². The summed E-state index contributed by atoms with van der Waals surface area (Å²) >= 11 is 0. The van der Waals surface area contributed by atoms with Crippen molar-refractivity contribution in [2.45, 2.75) is 12.6 Å². The number of morpholine rings is 1. The summed E-state index contributed by atoms with van der Waals surface area (Å²) in [5.74, 6) is -0.269. The molecule has 1 aliphatic rings. The standard InChI is InChI=1S/C25H23F5N4O2/c1-33-14-16(12-21(24(33)35)34-7-9-36-10-8-34)20-11-15(5-6-19(20)22(26)27)23(31)32-18-4-2-3-17(13-18)25(28,29)30/h2-6,11-14,22H,7-10H2,1H3,(H2,31,32). The van der Waals surface area contributed by atoms with E-state index < -0.39 is 18.2 Å². The average Bonchev–Trinajstić information content (AvgIpc) is 2.85. The van der Waals surface area contributed by atoms with E-state index in [4.69, 9.17) is 10.1 Å². The third kappa shape index (κ3) is 5.40. The summed E-state index contributed by atoms with van der Waals surface area (Å²) < 4.78 is 73.6. The smallest absolute Gasteiger partial charge is 0.378 e. The summed E-state index contributed by atoms with van der Waals surface area (Å²) in [6.07, 6.45) is -5.93. The molecular weight excluding hydrogens is 483 g/mol. The van der Waals surface area contributed by atoms with Crippen LogP contribution in [-0.4, -0.2) is 36.7 Å². The van der Waals surface area contributed by atoms with Crippen LogP contribution in [0.15, 0.2) is 59.5 Å². The van der Waals surface area contributed by atoms with E-state index in [9.17, 15) is 26.7 Å². The molecule has 3 aromatic rings. The molecule has 2 N–H and O–H groups in total. The summed E-state index contributed by atoms with van der Waals surface area (Å²) in [6.45, 7) is 1.82. The topological polar surface area (TPSA) is 70.3 Å². The fourth-order valence-corrected chi connectivity index (χ4v) is 4.01. The van der Waals surface area contributed by atoms with Gasteiger partial charge in [0.25, 0.3) is 12.0 Å². The summed E-state index contributed by atoms with van der Waals surface area (Å²) in [5.41, 5.74) is -0.423. The van der Waals surface area contributed by atoms with Crippen molar-refractivity contribution in [1.29, 1.82) is 5.41 Å². The Morgan fingerprint density at radius 1 is 1.08 bits per heavy atom. The predicted octanol–water partition coefficient (Wildman–Crippen LogP) is 5.28. The first-order valence-electron chi connectivity index (χ1n) is 11.0. The normalized spacial score (nSPS) is 14.2. The number of hydrogen-bond acceptors (Lipinski definition) is 4. The molecule has 0 atom stereocenters. The van der Waals surface area contributed by atoms with Crippen LogP contribution >= 0.6 is 0 Å². The van der Waals surface area contributed by atoms with E-state index in [-0.39, 0.29) is 33.8 Å². The van der Waals surface area contributed by atoms with E-state index in [1.54, 1.807) is 6.07 Å². The molecule has 36 heavy (non-hydrogen) atoms. The minimum absolute atomic E-state index is 0.0334. The number of hydrogen-bond donors (Lipinski definition) is 2. The first kappa shape index (κ1) is 25.4. The summed E-state index contributed by atoms with van der Waals surface area (Å²) in [7, 11) is 1.53. The Bertz CT molecular complexity index is 1330. The fourth-order valence-electron chi connectivity index (χ4n) is 4.01. The van der Waals surface area contributed by atoms with Gasteiger partial charge in [-0.3, -0.25) is 10.2 Å². The highest BCUT2D eigenvalue weighted by Crippen LogP contribution is 2.34. The number of amidine groups is 1. The van der Waals surface area contributed by atoms with Crippen LogP contribution in [0.25, 0.3) is 11.1 Å². The molecular formula is C25H23F5N4O2. The molecule has 1 aromatic heterocycles. The van der Waals surface area contributed by atoms with E-state index >= 15 is 0 Å². The average molecular weight is 506 g/mol. The summed E-state index contributed by atoms with van der Waals surface area (Å²) in [6, 6.07) is 9.76. The number of alkyl halides is 5. The van der Waals surface area contributed by atoms with Gasteiger partial charge in [-0.2, -0.15) is 13.2 Å². The Kier molecular flexibility index (Phi) is 7.11. The third-order valence-corrected chi connectivity index (χ3v) is 5.86. The SMILES string of the molecule is Cn1cc(-c2cc(C(=N)Nc3cccc(C(F)(F)F)c3)ccc2C(F)F)cc(N2CCOCC2)c1=O. The molecule has 190 valence electrons. The highest BCUT2D eigenvalue weighted by molar-refractivity contribution is 6.07. The van der Waals surface area contributed by atoms with Gasteiger partial charge in [0, 0.05) is 48.7 Å². The van der Waals surface area contributed by atoms with E-state index in [0.717, 1.165) is 12.1 Å². The van der Waals surface area contributed by atoms with Crippen LogP contribution < -0.4 is 15.8 Å². The van der Waals surface area contributed by atoms with E-state index in [2.05, 4.69) is 5.32 Å². The maximum Gasteiger partial charge on any atom is 0.416 e. The second-order valence-corrected chi connectivity index (χ2v) is 8.31. The van der Waals surface area contributed by atoms with Crippen LogP contribution in [0.3, 0.4) is 0 Å². The van der Waals surface area contributed by atoms with Crippen molar-refractivity contribution < 1.29 is 26.7 Å². The Morgan fingerprint density at radius 3 is 2.47 bits per heavy atom. The van der Waals surface area contributed by atoms with Crippen LogP contribution in [0, 0.1) is 5.41 Å². The van der Waals surface area contributed by atoms with E-state index in [1.807, 2.05) is 4.90 Å². The molecule has 1 fully saturated rings. The molecule has 0 bridgehead atoms. The zero-order valence-electron chi connectivity index (χ0n) is 19.2. The molecule has 1 saturated heterocycles. The molecule has 11 heteroatoms. The molecule has 6 nitrogen and oxygen atoms in total. The lowest BCUT2D eigenvalue weighted by Crippen LogP contribution is -2.40. The monoisotopic (exact) mass is 506 g/mol. The lowest BCUT2D eigenvalue weighted by Gasteiger charge is -2.29. The van der Waals surface area contributed by atoms with Gasteiger partial charge in [-0.1, -0.05) is 18.2 Å². The number of aromatic nitrogens is 1. The van der Waals surface area contributed by atoms with Crippen molar-refractivity contribution in [3.8, 4) is 11.1 Å². The second-order valence-electron chi connectivity index (χ2n) is 8.31. The predicted molar refractivity (Wildman–Crippen MR) is 127 cm³/mol. The first-order valence-corrected chi connectivity index (χ1v) is 11.0. The van der Waals surface area contributed by atoms with Gasteiger partial charge in [-0.15, -0.1) is 0 Å². The minimum atomic E-state index is -4.55. The maximum absolute atomic E-state index is 13.9. The van der Waals surface area contributed by atoms with Crippen molar-refractivity contribution in [2.24, 2.45) is 7.05 Å². The molecule has 0 unspecified atom stereocenters. The number of benzene rings is 2. The molecule has 0 radical (unpaired) electrons. The number of rotatable bonds is 5. The molecule has 1 aliphatic heterocycles. The number of halogens is 5.